The molecule has 2 aromatic carbocycles. The largest absolute Gasteiger partial charge is 0.586 e. The average Bonchev–Trinajstić information content (AvgIpc) is 2.68. The second-order valence-corrected chi connectivity index (χ2v) is 4.90. The van der Waals surface area contributed by atoms with Crippen molar-refractivity contribution in [1.82, 2.24) is 0 Å². The Bertz CT molecular complexity index is 674. The molecule has 2 aromatic rings. The lowest BCUT2D eigenvalue weighted by Crippen LogP contribution is -2.25. The minimum Gasteiger partial charge on any atom is -0.395 e. The lowest BCUT2D eigenvalue weighted by molar-refractivity contribution is -0.286. The monoisotopic (exact) mass is 315 g/mol. The van der Waals surface area contributed by atoms with Gasteiger partial charge in [0.25, 0.3) is 0 Å². The van der Waals surface area contributed by atoms with Gasteiger partial charge in [0.2, 0.25) is 0 Å². The Kier molecular flexibility index (Phi) is 3.33. The second-order valence-electron chi connectivity index (χ2n) is 4.46. The second kappa shape index (κ2) is 5.04. The topological polar surface area (TPSA) is 30.5 Å². The van der Waals surface area contributed by atoms with E-state index < -0.39 is 12.1 Å². The molecule has 0 unspecified atom stereocenters. The zero-order valence-electron chi connectivity index (χ0n) is 10.5. The van der Waals surface area contributed by atoms with E-state index in [4.69, 9.17) is 11.6 Å². The third-order valence-electron chi connectivity index (χ3n) is 2.82. The Morgan fingerprint density at radius 3 is 2.57 bits per heavy atom. The number of fused-ring (bicyclic) bond motifs is 1. The third kappa shape index (κ3) is 3.16. The van der Waals surface area contributed by atoms with Crippen molar-refractivity contribution in [2.45, 2.75) is 12.8 Å². The highest BCUT2D eigenvalue weighted by atomic mass is 35.5. The number of halogens is 4. The summed E-state index contributed by atoms with van der Waals surface area (Å²) in [5, 5.41) is 3.26. The first-order valence-corrected chi connectivity index (χ1v) is 6.38. The molecule has 0 atom stereocenters. The standard InChI is InChI=1S/C14H9ClF3NO2/c15-9-3-8(4-10(16)5-9)7-19-11-1-2-12-13(6-11)21-14(17,18)20-12/h1-6,19H,7H2. The predicted octanol–water partition coefficient (Wildman–Crippen LogP) is 4.41. The van der Waals surface area contributed by atoms with Crippen LogP contribution in [0.5, 0.6) is 11.5 Å². The van der Waals surface area contributed by atoms with Gasteiger partial charge < -0.3 is 14.8 Å². The normalized spacial score (nSPS) is 15.0. The molecule has 1 N–H and O–H groups in total. The van der Waals surface area contributed by atoms with Crippen molar-refractivity contribution in [3.8, 4) is 11.5 Å². The van der Waals surface area contributed by atoms with Crippen molar-refractivity contribution in [3.63, 3.8) is 0 Å². The molecule has 0 saturated heterocycles. The quantitative estimate of drug-likeness (QED) is 0.910. The summed E-state index contributed by atoms with van der Waals surface area (Å²) in [5.74, 6) is -0.522. The maximum absolute atomic E-state index is 13.2. The Hall–Kier alpha value is -2.08. The maximum Gasteiger partial charge on any atom is 0.586 e. The zero-order valence-corrected chi connectivity index (χ0v) is 11.3. The number of hydrogen-bond acceptors (Lipinski definition) is 3. The van der Waals surface area contributed by atoms with Crippen LogP contribution < -0.4 is 14.8 Å². The summed E-state index contributed by atoms with van der Waals surface area (Å²) in [5.41, 5.74) is 1.17. The van der Waals surface area contributed by atoms with Gasteiger partial charge in [-0.3, -0.25) is 0 Å². The molecule has 1 aliphatic heterocycles. The van der Waals surface area contributed by atoms with Gasteiger partial charge >= 0.3 is 6.29 Å². The minimum absolute atomic E-state index is 0.0284. The molecule has 0 saturated carbocycles. The van der Waals surface area contributed by atoms with E-state index in [1.165, 1.54) is 24.3 Å². The van der Waals surface area contributed by atoms with E-state index in [2.05, 4.69) is 14.8 Å². The highest BCUT2D eigenvalue weighted by molar-refractivity contribution is 6.30. The van der Waals surface area contributed by atoms with Crippen LogP contribution in [0.25, 0.3) is 0 Å². The van der Waals surface area contributed by atoms with Gasteiger partial charge in [-0.1, -0.05) is 11.6 Å². The number of rotatable bonds is 3. The van der Waals surface area contributed by atoms with E-state index in [0.29, 0.717) is 11.3 Å². The number of hydrogen-bond donors (Lipinski definition) is 1. The van der Waals surface area contributed by atoms with Crippen molar-refractivity contribution < 1.29 is 22.6 Å². The zero-order chi connectivity index (χ0) is 15.0. The SMILES string of the molecule is Fc1cc(Cl)cc(CNc2ccc3c(c2)OC(F)(F)O3)c1. The molecule has 3 nitrogen and oxygen atoms in total. The first-order chi connectivity index (χ1) is 9.91. The fraction of sp³-hybridized carbons (Fsp3) is 0.143. The van der Waals surface area contributed by atoms with Gasteiger partial charge in [-0.15, -0.1) is 8.78 Å². The van der Waals surface area contributed by atoms with Crippen LogP contribution >= 0.6 is 11.6 Å². The molecular formula is C14H9ClF3NO2. The minimum atomic E-state index is -3.64. The van der Waals surface area contributed by atoms with Crippen molar-refractivity contribution in [3.05, 3.63) is 52.8 Å². The molecule has 0 bridgehead atoms. The molecule has 1 aliphatic rings. The lowest BCUT2D eigenvalue weighted by atomic mass is 10.2. The van der Waals surface area contributed by atoms with Crippen LogP contribution in [0.15, 0.2) is 36.4 Å². The van der Waals surface area contributed by atoms with Crippen LogP contribution in [-0.4, -0.2) is 6.29 Å². The average molecular weight is 316 g/mol. The van der Waals surface area contributed by atoms with Crippen molar-refractivity contribution in [1.29, 1.82) is 0 Å². The van der Waals surface area contributed by atoms with Gasteiger partial charge in [-0.2, -0.15) is 0 Å². The highest BCUT2D eigenvalue weighted by Crippen LogP contribution is 2.42. The Morgan fingerprint density at radius 1 is 1.05 bits per heavy atom. The summed E-state index contributed by atoms with van der Waals surface area (Å²) in [4.78, 5) is 0. The summed E-state index contributed by atoms with van der Waals surface area (Å²) in [7, 11) is 0. The third-order valence-corrected chi connectivity index (χ3v) is 3.04. The van der Waals surface area contributed by atoms with Gasteiger partial charge in [0, 0.05) is 23.3 Å². The molecular weight excluding hydrogens is 307 g/mol. The van der Waals surface area contributed by atoms with Gasteiger partial charge in [-0.05, 0) is 35.9 Å². The number of anilines is 1. The summed E-state index contributed by atoms with van der Waals surface area (Å²) in [6.07, 6.45) is -3.64. The number of nitrogens with one attached hydrogen (secondary N) is 1. The summed E-state index contributed by atoms with van der Waals surface area (Å²) in [6.45, 7) is 0.285. The molecule has 21 heavy (non-hydrogen) atoms. The Balaban J connectivity index is 1.72. The van der Waals surface area contributed by atoms with E-state index in [9.17, 15) is 13.2 Å². The Morgan fingerprint density at radius 2 is 1.81 bits per heavy atom. The fourth-order valence-electron chi connectivity index (χ4n) is 1.98. The van der Waals surface area contributed by atoms with Crippen LogP contribution in [0.2, 0.25) is 5.02 Å². The van der Waals surface area contributed by atoms with Crippen molar-refractivity contribution in [2.24, 2.45) is 0 Å². The molecule has 110 valence electrons. The molecule has 0 amide bonds. The number of benzene rings is 2. The lowest BCUT2D eigenvalue weighted by Gasteiger charge is -2.08. The molecule has 0 aliphatic carbocycles. The fourth-order valence-corrected chi connectivity index (χ4v) is 2.22. The van der Waals surface area contributed by atoms with Crippen LogP contribution in [-0.2, 0) is 6.54 Å². The molecule has 0 fully saturated rings. The van der Waals surface area contributed by atoms with E-state index in [1.807, 2.05) is 0 Å². The van der Waals surface area contributed by atoms with Gasteiger partial charge in [0.15, 0.2) is 11.5 Å². The van der Waals surface area contributed by atoms with Gasteiger partial charge in [0.1, 0.15) is 5.82 Å². The van der Waals surface area contributed by atoms with Crippen LogP contribution in [0.3, 0.4) is 0 Å². The molecule has 0 radical (unpaired) electrons. The van der Waals surface area contributed by atoms with E-state index in [0.717, 1.165) is 0 Å². The summed E-state index contributed by atoms with van der Waals surface area (Å²) in [6, 6.07) is 8.46. The highest BCUT2D eigenvalue weighted by Gasteiger charge is 2.43. The maximum atomic E-state index is 13.2. The number of alkyl halides is 2. The number of ether oxygens (including phenoxy) is 2. The van der Waals surface area contributed by atoms with E-state index >= 15 is 0 Å². The first kappa shape index (κ1) is 13.9. The Labute approximate surface area is 123 Å². The molecule has 0 spiro atoms. The summed E-state index contributed by atoms with van der Waals surface area (Å²) >= 11 is 5.75. The van der Waals surface area contributed by atoms with Gasteiger partial charge in [-0.25, -0.2) is 4.39 Å². The van der Waals surface area contributed by atoms with Crippen LogP contribution in [0, 0.1) is 5.82 Å². The smallest absolute Gasteiger partial charge is 0.395 e. The predicted molar refractivity (Wildman–Crippen MR) is 71.4 cm³/mol. The molecule has 7 heteroatoms. The molecule has 3 rings (SSSR count). The van der Waals surface area contributed by atoms with E-state index in [-0.39, 0.29) is 23.1 Å². The van der Waals surface area contributed by atoms with Crippen LogP contribution in [0.1, 0.15) is 5.56 Å². The first-order valence-electron chi connectivity index (χ1n) is 6.00. The summed E-state index contributed by atoms with van der Waals surface area (Å²) < 4.78 is 47.6. The van der Waals surface area contributed by atoms with Gasteiger partial charge in [0.05, 0.1) is 0 Å². The molecule has 0 aromatic heterocycles. The van der Waals surface area contributed by atoms with Crippen LogP contribution in [0.4, 0.5) is 18.9 Å². The molecule has 1 heterocycles. The van der Waals surface area contributed by atoms with E-state index in [1.54, 1.807) is 12.1 Å². The van der Waals surface area contributed by atoms with Crippen molar-refractivity contribution in [2.75, 3.05) is 5.32 Å². The van der Waals surface area contributed by atoms with Crippen molar-refractivity contribution >= 4 is 17.3 Å².